The summed E-state index contributed by atoms with van der Waals surface area (Å²) < 4.78 is 75.4. The molecular weight excluding hydrogens is 1060 g/mol. The van der Waals surface area contributed by atoms with Crippen LogP contribution in [0, 0.1) is 0 Å². The van der Waals surface area contributed by atoms with Crippen molar-refractivity contribution in [2.75, 3.05) is 9.80 Å². The topological polar surface area (TPSA) is 11.4 Å². The number of fused-ring (bicyclic) bond motifs is 7. The Bertz CT molecular complexity index is 4900. The fraction of sp³-hybridized carbons (Fsp3) is 0.286. The average molecular weight is 1160 g/mol. The first-order valence-electron chi connectivity index (χ1n) is 35.4. The third kappa shape index (κ3) is 10.4. The van der Waals surface area contributed by atoms with Gasteiger partial charge in [-0.15, -0.1) is 0 Å². The van der Waals surface area contributed by atoms with E-state index >= 15 is 0 Å². The molecule has 3 nitrogen and oxygen atoms in total. The lowest BCUT2D eigenvalue weighted by atomic mass is 9.33. The summed E-state index contributed by atoms with van der Waals surface area (Å²) >= 11 is 0. The Hall–Kier alpha value is -8.34. The first-order valence-corrected chi connectivity index (χ1v) is 31.4. The highest BCUT2D eigenvalue weighted by Crippen LogP contribution is 2.48. The lowest BCUT2D eigenvalue weighted by Crippen LogP contribution is -2.61. The predicted molar refractivity (Wildman–Crippen MR) is 383 cm³/mol. The Balaban J connectivity index is 1.13. The van der Waals surface area contributed by atoms with Crippen molar-refractivity contribution >= 4 is 79.0 Å². The second kappa shape index (κ2) is 20.6. The number of anilines is 6. The molecule has 0 amide bonds. The molecule has 88 heavy (non-hydrogen) atoms. The van der Waals surface area contributed by atoms with Gasteiger partial charge in [0.05, 0.1) is 22.0 Å². The summed E-state index contributed by atoms with van der Waals surface area (Å²) in [5, 5.41) is 0.0699. The summed E-state index contributed by atoms with van der Waals surface area (Å²) in [6, 6.07) is 55.5. The molecule has 3 heterocycles. The van der Waals surface area contributed by atoms with Crippen LogP contribution in [0.15, 0.2) is 206 Å². The van der Waals surface area contributed by atoms with Crippen molar-refractivity contribution in [2.45, 2.75) is 157 Å². The smallest absolute Gasteiger partial charge is 0.252 e. The molecule has 0 bridgehead atoms. The summed E-state index contributed by atoms with van der Waals surface area (Å²) in [5.41, 5.74) is 23.0. The number of rotatable bonds is 6. The molecule has 4 heteroatoms. The van der Waals surface area contributed by atoms with Crippen molar-refractivity contribution in [3.05, 3.63) is 239 Å². The number of nitrogens with zero attached hydrogens (tertiary/aromatic N) is 3. The molecule has 0 radical (unpaired) electrons. The number of hydrogen-bond acceptors (Lipinski definition) is 2. The Kier molecular flexibility index (Phi) is 11.6. The van der Waals surface area contributed by atoms with Crippen molar-refractivity contribution in [2.24, 2.45) is 0 Å². The molecule has 0 saturated heterocycles. The molecule has 0 atom stereocenters. The second-order valence-electron chi connectivity index (χ2n) is 31.1. The van der Waals surface area contributed by atoms with E-state index in [0.29, 0.717) is 5.69 Å². The van der Waals surface area contributed by atoms with Gasteiger partial charge in [-0.05, 0) is 182 Å². The van der Waals surface area contributed by atoms with E-state index in [9.17, 15) is 5.48 Å². The minimum atomic E-state index is -0.480. The molecule has 0 saturated carbocycles. The molecule has 0 unspecified atom stereocenters. The van der Waals surface area contributed by atoms with Crippen LogP contribution in [0.2, 0.25) is 0 Å². The maximum Gasteiger partial charge on any atom is 0.252 e. The van der Waals surface area contributed by atoms with Crippen LogP contribution >= 0.6 is 0 Å². The summed E-state index contributed by atoms with van der Waals surface area (Å²) in [6.07, 6.45) is 0. The first-order chi connectivity index (χ1) is 44.7. The van der Waals surface area contributed by atoms with E-state index in [0.717, 1.165) is 83.9 Å². The van der Waals surface area contributed by atoms with Crippen LogP contribution in [0.3, 0.4) is 0 Å². The molecule has 13 rings (SSSR count). The molecular formula is C84H88BN3. The van der Waals surface area contributed by atoms with E-state index in [1.54, 1.807) is 4.57 Å². The Morgan fingerprint density at radius 1 is 0.295 bits per heavy atom. The van der Waals surface area contributed by atoms with E-state index in [2.05, 4.69) is 286 Å². The van der Waals surface area contributed by atoms with Crippen molar-refractivity contribution in [3.8, 4) is 39.1 Å². The molecule has 1 aromatic heterocycles. The van der Waals surface area contributed by atoms with E-state index < -0.39 is 24.2 Å². The summed E-state index contributed by atoms with van der Waals surface area (Å²) in [6.45, 7) is 40.7. The zero-order valence-electron chi connectivity index (χ0n) is 62.9. The van der Waals surface area contributed by atoms with Gasteiger partial charge in [0.2, 0.25) is 0 Å². The highest BCUT2D eigenvalue weighted by molar-refractivity contribution is 7.00. The maximum atomic E-state index is 9.58. The molecule has 11 aromatic rings. The average Bonchev–Trinajstić information content (AvgIpc) is 1.19. The predicted octanol–water partition coefficient (Wildman–Crippen LogP) is 21.7. The van der Waals surface area contributed by atoms with Crippen molar-refractivity contribution < 1.29 is 11.0 Å². The van der Waals surface area contributed by atoms with Gasteiger partial charge >= 0.3 is 0 Å². The fourth-order valence-electron chi connectivity index (χ4n) is 13.1. The molecule has 0 spiro atoms. The standard InChI is InChI=1S/C84H88BN3/c1-79(2,3)59-40-56(41-60(49-59)80(4,5)6)53-26-23-28-65(46-53)87-74-34-25-35-75-78(74)85(70-38-36-55(48-76(70)87)58-44-63(83(13,14)15)51-64(45-58)84(16,17)18)71-39-37-67(86-72-32-21-19-30-68(72)69-31-20-22-33-73(69)86)52-77(71)88(75)66-29-24-27-54(47-66)57-42-61(81(7,8)9)50-62(43-57)82(10,11)12/h19-52H,1-18H3/i19D,20D,21D,22D,30D,31D,32D,33D. The molecule has 0 N–H and O–H groups in total. The normalized spacial score (nSPS) is 15.0. The molecule has 0 fully saturated rings. The minimum absolute atomic E-state index is 0.0350. The van der Waals surface area contributed by atoms with Gasteiger partial charge in [-0.3, -0.25) is 0 Å². The molecule has 0 aliphatic carbocycles. The molecule has 10 aromatic carbocycles. The van der Waals surface area contributed by atoms with Crippen LogP contribution < -0.4 is 26.2 Å². The first kappa shape index (κ1) is 49.6. The zero-order valence-corrected chi connectivity index (χ0v) is 54.9. The Morgan fingerprint density at radius 2 is 0.636 bits per heavy atom. The third-order valence-electron chi connectivity index (χ3n) is 18.5. The molecule has 442 valence electrons. The molecule has 2 aliphatic heterocycles. The molecule has 2 aliphatic rings. The Morgan fingerprint density at radius 3 is 1.02 bits per heavy atom. The number of para-hydroxylation sites is 2. The van der Waals surface area contributed by atoms with Gasteiger partial charge in [0.1, 0.15) is 0 Å². The van der Waals surface area contributed by atoms with E-state index in [1.165, 1.54) is 33.4 Å². The van der Waals surface area contributed by atoms with Crippen LogP contribution in [0.4, 0.5) is 34.1 Å². The van der Waals surface area contributed by atoms with Gasteiger partial charge in [0, 0.05) is 50.6 Å². The van der Waals surface area contributed by atoms with Crippen LogP contribution in [-0.2, 0) is 32.5 Å². The summed E-state index contributed by atoms with van der Waals surface area (Å²) in [7, 11) is 0. The SMILES string of the molecule is [2H]c1c([2H])c([2H])c2c(c1[2H])c1c([2H])c([2H])c([2H])c([2H])c1n2-c1ccc2c(c1)N(c1cccc(-c3cc(C(C)(C)C)cc(C(C)(C)C)c3)c1)c1cccc3c1B2c1ccc(-c2cc(C(C)(C)C)cc(C(C)(C)C)c2)cc1N3c1cccc(-c2cc(C(C)(C)C)cc(C(C)(C)C)c2)c1. The van der Waals surface area contributed by atoms with Gasteiger partial charge in [0.25, 0.3) is 6.71 Å². The van der Waals surface area contributed by atoms with Gasteiger partial charge in [-0.25, -0.2) is 0 Å². The van der Waals surface area contributed by atoms with E-state index in [1.807, 2.05) is 6.07 Å². The van der Waals surface area contributed by atoms with Crippen molar-refractivity contribution in [1.82, 2.24) is 4.57 Å². The Labute approximate surface area is 537 Å². The third-order valence-corrected chi connectivity index (χ3v) is 18.5. The lowest BCUT2D eigenvalue weighted by Gasteiger charge is -2.44. The maximum absolute atomic E-state index is 9.58. The van der Waals surface area contributed by atoms with Crippen LogP contribution in [-0.4, -0.2) is 11.3 Å². The summed E-state index contributed by atoms with van der Waals surface area (Å²) in [4.78, 5) is 4.81. The van der Waals surface area contributed by atoms with Gasteiger partial charge < -0.3 is 14.4 Å². The van der Waals surface area contributed by atoms with Crippen LogP contribution in [0.25, 0.3) is 60.9 Å². The highest BCUT2D eigenvalue weighted by Gasteiger charge is 2.44. The largest absolute Gasteiger partial charge is 0.311 e. The monoisotopic (exact) mass is 1160 g/mol. The van der Waals surface area contributed by atoms with E-state index in [4.69, 9.17) is 5.48 Å². The van der Waals surface area contributed by atoms with Gasteiger partial charge in [-0.2, -0.15) is 0 Å². The number of benzene rings is 10. The van der Waals surface area contributed by atoms with Crippen molar-refractivity contribution in [3.63, 3.8) is 0 Å². The van der Waals surface area contributed by atoms with E-state index in [-0.39, 0.29) is 85.2 Å². The minimum Gasteiger partial charge on any atom is -0.311 e. The highest BCUT2D eigenvalue weighted by atomic mass is 15.2. The second-order valence-corrected chi connectivity index (χ2v) is 31.1. The number of aromatic nitrogens is 1. The fourth-order valence-corrected chi connectivity index (χ4v) is 13.1. The van der Waals surface area contributed by atoms with Crippen LogP contribution in [0.1, 0.15) is 169 Å². The van der Waals surface area contributed by atoms with Crippen molar-refractivity contribution in [1.29, 1.82) is 0 Å². The number of hydrogen-bond donors (Lipinski definition) is 0. The lowest BCUT2D eigenvalue weighted by molar-refractivity contribution is 0.568. The summed E-state index contributed by atoms with van der Waals surface area (Å²) in [5.74, 6) is 0. The quantitative estimate of drug-likeness (QED) is 0.154. The van der Waals surface area contributed by atoms with Crippen LogP contribution in [0.5, 0.6) is 0 Å². The van der Waals surface area contributed by atoms with Gasteiger partial charge in [0.15, 0.2) is 0 Å². The van der Waals surface area contributed by atoms with Gasteiger partial charge in [-0.1, -0.05) is 264 Å². The zero-order chi connectivity index (χ0) is 69.3.